The van der Waals surface area contributed by atoms with Crippen molar-refractivity contribution in [3.8, 4) is 0 Å². The number of carbonyl (C=O) groups is 1. The van der Waals surface area contributed by atoms with Crippen molar-refractivity contribution in [2.75, 3.05) is 37.6 Å². The molecule has 5 fully saturated rings. The topological polar surface area (TPSA) is 45.3 Å². The first-order valence-electron chi connectivity index (χ1n) is 12.3. The molecular formula is C26H36N2O3. The highest BCUT2D eigenvalue weighted by molar-refractivity contribution is 5.76. The van der Waals surface area contributed by atoms with Crippen LogP contribution in [-0.4, -0.2) is 61.4 Å². The van der Waals surface area contributed by atoms with Gasteiger partial charge in [0.15, 0.2) is 0 Å². The number of hydrogen-bond donors (Lipinski definition) is 0. The van der Waals surface area contributed by atoms with E-state index in [1.54, 1.807) is 0 Å². The minimum absolute atomic E-state index is 0.00249. The number of rotatable bonds is 3. The van der Waals surface area contributed by atoms with E-state index in [4.69, 9.17) is 9.47 Å². The molecule has 0 unspecified atom stereocenters. The van der Waals surface area contributed by atoms with Gasteiger partial charge in [-0.1, -0.05) is 32.4 Å². The molecule has 0 N–H and O–H groups in total. The highest BCUT2D eigenvalue weighted by Gasteiger charge is 2.78. The zero-order valence-electron chi connectivity index (χ0n) is 19.2. The molecule has 1 aromatic carbocycles. The molecule has 3 aliphatic heterocycles. The number of piperazine rings is 1. The third-order valence-electron chi connectivity index (χ3n) is 9.39. The molecule has 31 heavy (non-hydrogen) atoms. The molecule has 0 aromatic heterocycles. The van der Waals surface area contributed by atoms with E-state index >= 15 is 0 Å². The Morgan fingerprint density at radius 3 is 2.77 bits per heavy atom. The maximum absolute atomic E-state index is 13.0. The Hall–Kier alpha value is -1.59. The van der Waals surface area contributed by atoms with Crippen LogP contribution in [-0.2, 0) is 14.3 Å². The van der Waals surface area contributed by atoms with Gasteiger partial charge in [0.2, 0.25) is 0 Å². The third-order valence-corrected chi connectivity index (χ3v) is 9.39. The Labute approximate surface area is 186 Å². The molecule has 6 rings (SSSR count). The largest absolute Gasteiger partial charge is 0.462 e. The first kappa shape index (κ1) is 20.0. The van der Waals surface area contributed by atoms with Crippen molar-refractivity contribution in [3.63, 3.8) is 0 Å². The summed E-state index contributed by atoms with van der Waals surface area (Å²) < 4.78 is 12.6. The minimum atomic E-state index is -0.0291. The minimum Gasteiger partial charge on any atom is -0.462 e. The van der Waals surface area contributed by atoms with Gasteiger partial charge in [0.05, 0.1) is 12.0 Å². The zero-order valence-corrected chi connectivity index (χ0v) is 19.2. The van der Waals surface area contributed by atoms with Crippen LogP contribution in [0.5, 0.6) is 0 Å². The number of esters is 1. The van der Waals surface area contributed by atoms with Gasteiger partial charge >= 0.3 is 5.97 Å². The quantitative estimate of drug-likeness (QED) is 0.548. The van der Waals surface area contributed by atoms with Crippen LogP contribution in [0.25, 0.3) is 0 Å². The van der Waals surface area contributed by atoms with E-state index in [1.165, 1.54) is 30.5 Å². The number of hydrogen-bond acceptors (Lipinski definition) is 5. The Morgan fingerprint density at radius 2 is 2.00 bits per heavy atom. The number of ether oxygens (including phenoxy) is 2. The Kier molecular flexibility index (Phi) is 4.50. The van der Waals surface area contributed by atoms with E-state index in [1.807, 2.05) is 0 Å². The summed E-state index contributed by atoms with van der Waals surface area (Å²) in [4.78, 5) is 17.9. The van der Waals surface area contributed by atoms with Crippen LogP contribution in [0.15, 0.2) is 24.3 Å². The molecule has 3 saturated heterocycles. The molecule has 1 aromatic rings. The highest BCUT2D eigenvalue weighted by Crippen LogP contribution is 2.70. The van der Waals surface area contributed by atoms with Gasteiger partial charge in [-0.05, 0) is 49.8 Å². The van der Waals surface area contributed by atoms with Gasteiger partial charge in [0, 0.05) is 49.7 Å². The lowest BCUT2D eigenvalue weighted by molar-refractivity contribution is -0.146. The fourth-order valence-electron chi connectivity index (χ4n) is 7.73. The number of anilines is 1. The summed E-state index contributed by atoms with van der Waals surface area (Å²) >= 11 is 0. The monoisotopic (exact) mass is 424 g/mol. The molecule has 0 amide bonds. The van der Waals surface area contributed by atoms with Crippen molar-refractivity contribution in [2.24, 2.45) is 23.2 Å². The Balaban J connectivity index is 1.14. The van der Waals surface area contributed by atoms with Crippen LogP contribution in [0.2, 0.25) is 0 Å². The van der Waals surface area contributed by atoms with E-state index in [0.29, 0.717) is 5.92 Å². The van der Waals surface area contributed by atoms with E-state index in [0.717, 1.165) is 39.1 Å². The molecule has 5 aliphatic rings. The van der Waals surface area contributed by atoms with Gasteiger partial charge in [-0.2, -0.15) is 0 Å². The van der Waals surface area contributed by atoms with Gasteiger partial charge in [0.25, 0.3) is 0 Å². The average molecular weight is 425 g/mol. The number of carbonyl (C=O) groups excluding carboxylic acids is 1. The molecule has 1 spiro atoms. The molecule has 168 valence electrons. The lowest BCUT2D eigenvalue weighted by Gasteiger charge is -2.49. The molecule has 2 saturated carbocycles. The normalized spacial score (nSPS) is 44.3. The summed E-state index contributed by atoms with van der Waals surface area (Å²) in [5.74, 6) is 0.831. The lowest BCUT2D eigenvalue weighted by Crippen LogP contribution is -2.55. The molecular weight excluding hydrogens is 388 g/mol. The van der Waals surface area contributed by atoms with Gasteiger partial charge in [-0.15, -0.1) is 0 Å². The van der Waals surface area contributed by atoms with Crippen molar-refractivity contribution in [3.05, 3.63) is 29.8 Å². The second kappa shape index (κ2) is 6.95. The van der Waals surface area contributed by atoms with Crippen LogP contribution in [0, 0.1) is 30.1 Å². The van der Waals surface area contributed by atoms with Crippen LogP contribution in [0.3, 0.4) is 0 Å². The second-order valence-corrected chi connectivity index (χ2v) is 11.2. The summed E-state index contributed by atoms with van der Waals surface area (Å²) in [6.07, 6.45) is 5.00. The molecule has 3 heterocycles. The van der Waals surface area contributed by atoms with Gasteiger partial charge in [0.1, 0.15) is 11.7 Å². The van der Waals surface area contributed by atoms with Crippen molar-refractivity contribution in [2.45, 2.75) is 64.3 Å². The molecule has 7 atom stereocenters. The molecule has 5 heteroatoms. The average Bonchev–Trinajstić information content (AvgIpc) is 3.43. The number of aryl methyl sites for hydroxylation is 1. The number of nitrogens with zero attached hydrogens (tertiary/aromatic N) is 2. The standard InChI is InChI=1S/C26H36N2O3/c1-17-6-4-8-19(14-17)28-12-10-27(11-13-28)16-20-22-21(30-24(20)29)15-25(3)9-5-7-18(2)26(25)23(22)31-26/h4,6,8,14,18,20-23H,5,7,9-13,15-16H2,1-3H3/t18-,20+,21+,22+,23-,25+,26-/m0/s1. The summed E-state index contributed by atoms with van der Waals surface area (Å²) in [5.41, 5.74) is 2.79. The lowest BCUT2D eigenvalue weighted by atomic mass is 9.53. The van der Waals surface area contributed by atoms with Crippen LogP contribution in [0.1, 0.15) is 45.1 Å². The summed E-state index contributed by atoms with van der Waals surface area (Å²) in [6, 6.07) is 8.76. The third kappa shape index (κ3) is 2.92. The summed E-state index contributed by atoms with van der Waals surface area (Å²) in [7, 11) is 0. The van der Waals surface area contributed by atoms with Crippen molar-refractivity contribution < 1.29 is 14.3 Å². The molecule has 2 aliphatic carbocycles. The van der Waals surface area contributed by atoms with E-state index in [2.05, 4.69) is 54.8 Å². The first-order chi connectivity index (χ1) is 14.9. The fourth-order valence-corrected chi connectivity index (χ4v) is 7.73. The first-order valence-corrected chi connectivity index (χ1v) is 12.3. The number of benzene rings is 1. The van der Waals surface area contributed by atoms with Gasteiger partial charge in [-0.3, -0.25) is 9.69 Å². The predicted molar refractivity (Wildman–Crippen MR) is 120 cm³/mol. The maximum atomic E-state index is 13.0. The summed E-state index contributed by atoms with van der Waals surface area (Å²) in [6.45, 7) is 11.8. The SMILES string of the molecule is Cc1cccc(N2CCN(C[C@H]3C(=O)O[C@@H]4C[C@@]5(C)CCC[C@H](C)[C@@]56O[C@H]6[C@@H]43)CC2)c1. The van der Waals surface area contributed by atoms with Crippen LogP contribution < -0.4 is 4.90 Å². The van der Waals surface area contributed by atoms with E-state index in [9.17, 15) is 4.79 Å². The number of epoxide rings is 1. The molecule has 0 bridgehead atoms. The summed E-state index contributed by atoms with van der Waals surface area (Å²) in [5, 5.41) is 0. The Morgan fingerprint density at radius 1 is 1.19 bits per heavy atom. The Bertz CT molecular complexity index is 881. The van der Waals surface area contributed by atoms with Crippen LogP contribution >= 0.6 is 0 Å². The van der Waals surface area contributed by atoms with E-state index < -0.39 is 0 Å². The molecule has 0 radical (unpaired) electrons. The second-order valence-electron chi connectivity index (χ2n) is 11.2. The highest BCUT2D eigenvalue weighted by atomic mass is 16.6. The van der Waals surface area contributed by atoms with Crippen molar-refractivity contribution >= 4 is 11.7 Å². The number of fused-ring (bicyclic) bond motifs is 2. The predicted octanol–water partition coefficient (Wildman–Crippen LogP) is 3.64. The van der Waals surface area contributed by atoms with E-state index in [-0.39, 0.29) is 41.0 Å². The van der Waals surface area contributed by atoms with Crippen molar-refractivity contribution in [1.82, 2.24) is 4.90 Å². The zero-order chi connectivity index (χ0) is 21.4. The molecule has 5 nitrogen and oxygen atoms in total. The van der Waals surface area contributed by atoms with Gasteiger partial charge in [-0.25, -0.2) is 0 Å². The fraction of sp³-hybridized carbons (Fsp3) is 0.731. The van der Waals surface area contributed by atoms with Crippen LogP contribution in [0.4, 0.5) is 5.69 Å². The maximum Gasteiger partial charge on any atom is 0.311 e. The van der Waals surface area contributed by atoms with Gasteiger partial charge < -0.3 is 14.4 Å². The van der Waals surface area contributed by atoms with Crippen molar-refractivity contribution in [1.29, 1.82) is 0 Å². The smallest absolute Gasteiger partial charge is 0.311 e.